The molecule has 30 heavy (non-hydrogen) atoms. The highest BCUT2D eigenvalue weighted by Gasteiger charge is 2.26. The summed E-state index contributed by atoms with van der Waals surface area (Å²) in [6.07, 6.45) is 5.08. The van der Waals surface area contributed by atoms with Crippen LogP contribution >= 0.6 is 11.3 Å². The molecule has 2 aromatic heterocycles. The van der Waals surface area contributed by atoms with Crippen molar-refractivity contribution in [2.45, 2.75) is 25.7 Å². The van der Waals surface area contributed by atoms with Crippen LogP contribution < -0.4 is 16.1 Å². The lowest BCUT2D eigenvalue weighted by molar-refractivity contribution is 0.0963. The summed E-state index contributed by atoms with van der Waals surface area (Å²) >= 11 is 1.37. The zero-order chi connectivity index (χ0) is 21.3. The zero-order valence-corrected chi connectivity index (χ0v) is 17.0. The average Bonchev–Trinajstić information content (AvgIpc) is 3.12. The second kappa shape index (κ2) is 8.19. The van der Waals surface area contributed by atoms with Crippen molar-refractivity contribution in [1.82, 2.24) is 15.1 Å². The summed E-state index contributed by atoms with van der Waals surface area (Å²) in [5, 5.41) is 9.87. The van der Waals surface area contributed by atoms with Gasteiger partial charge in [0, 0.05) is 24.2 Å². The van der Waals surface area contributed by atoms with Crippen LogP contribution in [0, 0.1) is 5.82 Å². The van der Waals surface area contributed by atoms with Crippen LogP contribution in [0.25, 0.3) is 5.69 Å². The van der Waals surface area contributed by atoms with E-state index in [0.717, 1.165) is 36.1 Å². The molecule has 1 aliphatic rings. The summed E-state index contributed by atoms with van der Waals surface area (Å²) in [7, 11) is 1.54. The number of rotatable bonds is 4. The first-order chi connectivity index (χ1) is 14.5. The van der Waals surface area contributed by atoms with E-state index in [0.29, 0.717) is 16.3 Å². The van der Waals surface area contributed by atoms with Crippen LogP contribution in [0.1, 0.15) is 44.1 Å². The molecule has 0 bridgehead atoms. The highest BCUT2D eigenvalue weighted by Crippen LogP contribution is 2.38. The van der Waals surface area contributed by atoms with Gasteiger partial charge in [0.15, 0.2) is 5.69 Å². The van der Waals surface area contributed by atoms with Gasteiger partial charge in [0.2, 0.25) is 5.43 Å². The van der Waals surface area contributed by atoms with Crippen molar-refractivity contribution in [3.05, 3.63) is 74.3 Å². The summed E-state index contributed by atoms with van der Waals surface area (Å²) < 4.78 is 14.5. The standard InChI is InChI=1S/C21H19FN4O3S/c1-23-19(28)17-14-4-2-3-5-16(14)30-21(17)24-20(29)18-15(27)10-11-26(25-18)13-8-6-12(22)7-9-13/h6-11H,2-5H2,1H3,(H,23,28)(H,24,29). The molecule has 2 heterocycles. The number of amides is 2. The van der Waals surface area contributed by atoms with E-state index < -0.39 is 17.2 Å². The normalized spacial score (nSPS) is 12.9. The molecule has 2 amide bonds. The van der Waals surface area contributed by atoms with Gasteiger partial charge in [-0.15, -0.1) is 11.3 Å². The summed E-state index contributed by atoms with van der Waals surface area (Å²) in [6, 6.07) is 6.74. The average molecular weight is 426 g/mol. The van der Waals surface area contributed by atoms with Crippen LogP contribution in [0.15, 0.2) is 41.3 Å². The summed E-state index contributed by atoms with van der Waals surface area (Å²) in [5.41, 5.74) is 1.07. The molecule has 0 radical (unpaired) electrons. The van der Waals surface area contributed by atoms with Gasteiger partial charge in [-0.3, -0.25) is 14.4 Å². The number of halogens is 1. The smallest absolute Gasteiger partial charge is 0.280 e. The largest absolute Gasteiger partial charge is 0.355 e. The van der Waals surface area contributed by atoms with Crippen molar-refractivity contribution in [3.8, 4) is 5.69 Å². The topological polar surface area (TPSA) is 93.1 Å². The van der Waals surface area contributed by atoms with Crippen molar-refractivity contribution in [2.75, 3.05) is 12.4 Å². The van der Waals surface area contributed by atoms with E-state index in [-0.39, 0.29) is 11.6 Å². The van der Waals surface area contributed by atoms with Crippen molar-refractivity contribution in [2.24, 2.45) is 0 Å². The van der Waals surface area contributed by atoms with Gasteiger partial charge in [0.25, 0.3) is 11.8 Å². The van der Waals surface area contributed by atoms with Crippen LogP contribution in [-0.2, 0) is 12.8 Å². The number of hydrogen-bond donors (Lipinski definition) is 2. The molecule has 154 valence electrons. The van der Waals surface area contributed by atoms with Gasteiger partial charge in [-0.1, -0.05) is 0 Å². The second-order valence-electron chi connectivity index (χ2n) is 6.90. The fourth-order valence-electron chi connectivity index (χ4n) is 3.48. The number of fused-ring (bicyclic) bond motifs is 1. The third-order valence-electron chi connectivity index (χ3n) is 4.97. The molecule has 1 aromatic carbocycles. The molecule has 0 spiro atoms. The summed E-state index contributed by atoms with van der Waals surface area (Å²) in [5.74, 6) is -1.36. The molecule has 0 saturated heterocycles. The minimum absolute atomic E-state index is 0.269. The zero-order valence-electron chi connectivity index (χ0n) is 16.2. The Balaban J connectivity index is 1.69. The molecule has 0 fully saturated rings. The Morgan fingerprint density at radius 2 is 1.83 bits per heavy atom. The molecule has 2 N–H and O–H groups in total. The predicted molar refractivity (Wildman–Crippen MR) is 112 cm³/mol. The number of anilines is 1. The van der Waals surface area contributed by atoms with E-state index in [9.17, 15) is 18.8 Å². The minimum Gasteiger partial charge on any atom is -0.355 e. The van der Waals surface area contributed by atoms with Gasteiger partial charge in [0.05, 0.1) is 11.3 Å². The molecule has 0 atom stereocenters. The first-order valence-corrected chi connectivity index (χ1v) is 10.3. The van der Waals surface area contributed by atoms with Crippen molar-refractivity contribution >= 4 is 28.2 Å². The Morgan fingerprint density at radius 1 is 1.10 bits per heavy atom. The molecule has 7 nitrogen and oxygen atoms in total. The van der Waals surface area contributed by atoms with Gasteiger partial charge < -0.3 is 10.6 Å². The van der Waals surface area contributed by atoms with Crippen LogP contribution in [0.2, 0.25) is 0 Å². The second-order valence-corrected chi connectivity index (χ2v) is 8.00. The first kappa shape index (κ1) is 20.0. The Bertz CT molecular complexity index is 1180. The van der Waals surface area contributed by atoms with E-state index in [1.807, 2.05) is 0 Å². The molecule has 9 heteroatoms. The maximum Gasteiger partial charge on any atom is 0.280 e. The molecular formula is C21H19FN4O3S. The molecule has 3 aromatic rings. The lowest BCUT2D eigenvalue weighted by Gasteiger charge is -2.12. The van der Waals surface area contributed by atoms with Gasteiger partial charge in [-0.2, -0.15) is 5.10 Å². The van der Waals surface area contributed by atoms with E-state index in [2.05, 4.69) is 15.7 Å². The number of carbonyl (C=O) groups is 2. The SMILES string of the molecule is CNC(=O)c1c(NC(=O)c2nn(-c3ccc(F)cc3)ccc2=O)sc2c1CCCC2. The van der Waals surface area contributed by atoms with Gasteiger partial charge >= 0.3 is 0 Å². The van der Waals surface area contributed by atoms with Gasteiger partial charge in [-0.25, -0.2) is 9.07 Å². The molecule has 0 unspecified atom stereocenters. The van der Waals surface area contributed by atoms with Crippen LogP contribution in [0.4, 0.5) is 9.39 Å². The lowest BCUT2D eigenvalue weighted by atomic mass is 9.95. The van der Waals surface area contributed by atoms with Crippen LogP contribution in [0.3, 0.4) is 0 Å². The van der Waals surface area contributed by atoms with E-state index in [4.69, 9.17) is 0 Å². The number of benzene rings is 1. The molecule has 4 rings (SSSR count). The Morgan fingerprint density at radius 3 is 2.57 bits per heavy atom. The third kappa shape index (κ3) is 3.76. The highest BCUT2D eigenvalue weighted by atomic mass is 32.1. The lowest BCUT2D eigenvalue weighted by Crippen LogP contribution is -2.27. The minimum atomic E-state index is -0.694. The summed E-state index contributed by atoms with van der Waals surface area (Å²) in [6.45, 7) is 0. The number of nitrogens with one attached hydrogen (secondary N) is 2. The third-order valence-corrected chi connectivity index (χ3v) is 6.17. The number of thiophene rings is 1. The monoisotopic (exact) mass is 426 g/mol. The predicted octanol–water partition coefficient (Wildman–Crippen LogP) is 2.92. The van der Waals surface area contributed by atoms with Crippen molar-refractivity contribution in [3.63, 3.8) is 0 Å². The first-order valence-electron chi connectivity index (χ1n) is 9.52. The van der Waals surface area contributed by atoms with Crippen molar-refractivity contribution < 1.29 is 14.0 Å². The molecule has 1 aliphatic carbocycles. The Hall–Kier alpha value is -3.33. The van der Waals surface area contributed by atoms with Crippen LogP contribution in [0.5, 0.6) is 0 Å². The summed E-state index contributed by atoms with van der Waals surface area (Å²) in [4.78, 5) is 38.7. The highest BCUT2D eigenvalue weighted by molar-refractivity contribution is 7.17. The van der Waals surface area contributed by atoms with Gasteiger partial charge in [-0.05, 0) is 55.5 Å². The number of aryl methyl sites for hydroxylation is 1. The fraction of sp³-hybridized carbons (Fsp3) is 0.238. The quantitative estimate of drug-likeness (QED) is 0.671. The Kier molecular flexibility index (Phi) is 5.45. The maximum atomic E-state index is 13.2. The number of nitrogens with zero attached hydrogens (tertiary/aromatic N) is 2. The number of carbonyl (C=O) groups excluding carboxylic acids is 2. The molecular weight excluding hydrogens is 407 g/mol. The molecule has 0 aliphatic heterocycles. The van der Waals surface area contributed by atoms with E-state index in [1.54, 1.807) is 7.05 Å². The molecule has 0 saturated carbocycles. The van der Waals surface area contributed by atoms with Crippen LogP contribution in [-0.4, -0.2) is 28.6 Å². The van der Waals surface area contributed by atoms with Gasteiger partial charge in [0.1, 0.15) is 10.8 Å². The number of hydrogen-bond acceptors (Lipinski definition) is 5. The fourth-order valence-corrected chi connectivity index (χ4v) is 4.77. The van der Waals surface area contributed by atoms with Crippen molar-refractivity contribution in [1.29, 1.82) is 0 Å². The van der Waals surface area contributed by atoms with E-state index >= 15 is 0 Å². The maximum absolute atomic E-state index is 13.2. The van der Waals surface area contributed by atoms with E-state index in [1.165, 1.54) is 52.5 Å². The number of aromatic nitrogens is 2. The Labute approximate surface area is 175 Å².